The van der Waals surface area contributed by atoms with Crippen molar-refractivity contribution in [2.24, 2.45) is 0 Å². The highest BCUT2D eigenvalue weighted by atomic mass is 31.2. The van der Waals surface area contributed by atoms with Crippen molar-refractivity contribution < 1.29 is 18.7 Å². The van der Waals surface area contributed by atoms with Gasteiger partial charge in [0.15, 0.2) is 0 Å². The molecular formula is C15H17FNO3P. The SMILES string of the molecule is C[C@H](N[C@@H](c1ccc(F)cc1)P(=O)(O)O)c1ccccc1. The Morgan fingerprint density at radius 2 is 1.57 bits per heavy atom. The minimum absolute atomic E-state index is 0.256. The molecule has 2 aromatic rings. The summed E-state index contributed by atoms with van der Waals surface area (Å²) in [4.78, 5) is 19.1. The monoisotopic (exact) mass is 309 g/mol. The Labute approximate surface area is 122 Å². The highest BCUT2D eigenvalue weighted by Crippen LogP contribution is 2.50. The van der Waals surface area contributed by atoms with Crippen LogP contribution >= 0.6 is 7.60 Å². The molecule has 0 saturated carbocycles. The highest BCUT2D eigenvalue weighted by Gasteiger charge is 2.31. The Morgan fingerprint density at radius 1 is 1.00 bits per heavy atom. The van der Waals surface area contributed by atoms with Crippen LogP contribution in [-0.4, -0.2) is 9.79 Å². The molecule has 2 aromatic carbocycles. The molecule has 0 aromatic heterocycles. The van der Waals surface area contributed by atoms with E-state index in [0.717, 1.165) is 5.56 Å². The Bertz CT molecular complexity index is 627. The van der Waals surface area contributed by atoms with Gasteiger partial charge in [0.2, 0.25) is 0 Å². The number of benzene rings is 2. The van der Waals surface area contributed by atoms with Gasteiger partial charge in [-0.2, -0.15) is 0 Å². The van der Waals surface area contributed by atoms with Gasteiger partial charge in [0.1, 0.15) is 11.6 Å². The van der Waals surface area contributed by atoms with Crippen molar-refractivity contribution in [1.82, 2.24) is 5.32 Å². The fourth-order valence-corrected chi connectivity index (χ4v) is 3.09. The zero-order valence-corrected chi connectivity index (χ0v) is 12.4. The van der Waals surface area contributed by atoms with E-state index in [9.17, 15) is 18.7 Å². The largest absolute Gasteiger partial charge is 0.346 e. The van der Waals surface area contributed by atoms with Gasteiger partial charge in [-0.25, -0.2) is 4.39 Å². The first-order valence-corrected chi connectivity index (χ1v) is 8.18. The second-order valence-corrected chi connectivity index (χ2v) is 6.54. The molecule has 0 aliphatic carbocycles. The predicted molar refractivity (Wildman–Crippen MR) is 79.2 cm³/mol. The molecule has 21 heavy (non-hydrogen) atoms. The van der Waals surface area contributed by atoms with Crippen LogP contribution < -0.4 is 5.32 Å². The summed E-state index contributed by atoms with van der Waals surface area (Å²) in [6.07, 6.45) is 0. The third-order valence-corrected chi connectivity index (χ3v) is 4.35. The smallest absolute Gasteiger partial charge is 0.323 e. The van der Waals surface area contributed by atoms with Crippen LogP contribution in [0.4, 0.5) is 4.39 Å². The number of halogens is 1. The lowest BCUT2D eigenvalue weighted by atomic mass is 10.1. The summed E-state index contributed by atoms with van der Waals surface area (Å²) in [5.74, 6) is -1.62. The summed E-state index contributed by atoms with van der Waals surface area (Å²) >= 11 is 0. The van der Waals surface area contributed by atoms with Gasteiger partial charge in [-0.1, -0.05) is 42.5 Å². The van der Waals surface area contributed by atoms with Gasteiger partial charge in [0, 0.05) is 6.04 Å². The first-order valence-electron chi connectivity index (χ1n) is 6.49. The maximum absolute atomic E-state index is 13.0. The average Bonchev–Trinajstić information content (AvgIpc) is 2.45. The molecule has 0 spiro atoms. The first kappa shape index (κ1) is 15.9. The minimum atomic E-state index is -4.42. The second-order valence-electron chi connectivity index (χ2n) is 4.84. The van der Waals surface area contributed by atoms with Crippen molar-refractivity contribution in [3.05, 3.63) is 71.5 Å². The fraction of sp³-hybridized carbons (Fsp3) is 0.200. The predicted octanol–water partition coefficient (Wildman–Crippen LogP) is 3.35. The second kappa shape index (κ2) is 6.50. The Balaban J connectivity index is 2.26. The van der Waals surface area contributed by atoms with Crippen LogP contribution in [-0.2, 0) is 4.57 Å². The molecular weight excluding hydrogens is 292 g/mol. The van der Waals surface area contributed by atoms with E-state index in [1.807, 2.05) is 37.3 Å². The molecule has 6 heteroatoms. The van der Waals surface area contributed by atoms with Crippen LogP contribution in [0.25, 0.3) is 0 Å². The van der Waals surface area contributed by atoms with Crippen molar-refractivity contribution in [3.63, 3.8) is 0 Å². The molecule has 3 N–H and O–H groups in total. The van der Waals surface area contributed by atoms with E-state index in [4.69, 9.17) is 0 Å². The molecule has 0 saturated heterocycles. The minimum Gasteiger partial charge on any atom is -0.323 e. The zero-order chi connectivity index (χ0) is 15.5. The van der Waals surface area contributed by atoms with Crippen molar-refractivity contribution in [2.45, 2.75) is 18.7 Å². The standard InChI is InChI=1S/C15H17FNO3P/c1-11(12-5-3-2-4-6-12)17-15(21(18,19)20)13-7-9-14(16)10-8-13/h2-11,15,17H,1H3,(H2,18,19,20)/t11-,15+/m0/s1. The van der Waals surface area contributed by atoms with Crippen molar-refractivity contribution in [3.8, 4) is 0 Å². The Morgan fingerprint density at radius 3 is 2.10 bits per heavy atom. The zero-order valence-electron chi connectivity index (χ0n) is 11.5. The van der Waals surface area contributed by atoms with Gasteiger partial charge in [-0.15, -0.1) is 0 Å². The number of nitrogens with one attached hydrogen (secondary N) is 1. The van der Waals surface area contributed by atoms with Crippen molar-refractivity contribution >= 4 is 7.60 Å². The molecule has 0 radical (unpaired) electrons. The van der Waals surface area contributed by atoms with Crippen molar-refractivity contribution in [1.29, 1.82) is 0 Å². The first-order chi connectivity index (χ1) is 9.88. The van der Waals surface area contributed by atoms with E-state index < -0.39 is 19.2 Å². The van der Waals surface area contributed by atoms with Gasteiger partial charge in [-0.3, -0.25) is 9.88 Å². The van der Waals surface area contributed by atoms with Crippen LogP contribution in [0.5, 0.6) is 0 Å². The summed E-state index contributed by atoms with van der Waals surface area (Å²) in [6.45, 7) is 1.82. The quantitative estimate of drug-likeness (QED) is 0.741. The summed E-state index contributed by atoms with van der Waals surface area (Å²) in [5.41, 5.74) is 1.27. The normalized spacial score (nSPS) is 14.7. The molecule has 0 aliphatic heterocycles. The molecule has 0 unspecified atom stereocenters. The summed E-state index contributed by atoms with van der Waals surface area (Å²) in [6, 6.07) is 14.2. The van der Waals surface area contributed by atoms with Crippen LogP contribution in [0.2, 0.25) is 0 Å². The number of rotatable bonds is 5. The van der Waals surface area contributed by atoms with Gasteiger partial charge in [0.05, 0.1) is 0 Å². The van der Waals surface area contributed by atoms with Crippen LogP contribution in [0.1, 0.15) is 29.9 Å². The third kappa shape index (κ3) is 4.22. The van der Waals surface area contributed by atoms with E-state index in [0.29, 0.717) is 5.56 Å². The van der Waals surface area contributed by atoms with Gasteiger partial charge < -0.3 is 9.79 Å². The summed E-state index contributed by atoms with van der Waals surface area (Å²) in [5, 5.41) is 2.92. The van der Waals surface area contributed by atoms with Crippen LogP contribution in [0, 0.1) is 5.82 Å². The van der Waals surface area contributed by atoms with Crippen LogP contribution in [0.3, 0.4) is 0 Å². The lowest BCUT2D eigenvalue weighted by Gasteiger charge is -2.24. The Kier molecular flexibility index (Phi) is 4.91. The fourth-order valence-electron chi connectivity index (χ4n) is 2.11. The molecule has 0 amide bonds. The highest BCUT2D eigenvalue weighted by molar-refractivity contribution is 7.52. The van der Waals surface area contributed by atoms with E-state index in [1.54, 1.807) is 0 Å². The van der Waals surface area contributed by atoms with E-state index in [1.165, 1.54) is 24.3 Å². The number of hydrogen-bond donors (Lipinski definition) is 3. The molecule has 2 rings (SSSR count). The van der Waals surface area contributed by atoms with E-state index >= 15 is 0 Å². The number of hydrogen-bond acceptors (Lipinski definition) is 2. The van der Waals surface area contributed by atoms with Crippen molar-refractivity contribution in [2.75, 3.05) is 0 Å². The molecule has 2 atom stereocenters. The lowest BCUT2D eigenvalue weighted by Crippen LogP contribution is -2.24. The molecule has 0 heterocycles. The topological polar surface area (TPSA) is 69.6 Å². The summed E-state index contributed by atoms with van der Waals surface area (Å²) < 4.78 is 24.7. The molecule has 0 aliphatic rings. The van der Waals surface area contributed by atoms with Gasteiger partial charge >= 0.3 is 7.60 Å². The molecule has 0 bridgehead atoms. The maximum Gasteiger partial charge on any atom is 0.346 e. The third-order valence-electron chi connectivity index (χ3n) is 3.23. The molecule has 4 nitrogen and oxygen atoms in total. The van der Waals surface area contributed by atoms with Gasteiger partial charge in [0.25, 0.3) is 0 Å². The van der Waals surface area contributed by atoms with E-state index in [2.05, 4.69) is 5.32 Å². The summed E-state index contributed by atoms with van der Waals surface area (Å²) in [7, 11) is -4.42. The average molecular weight is 309 g/mol. The van der Waals surface area contributed by atoms with E-state index in [-0.39, 0.29) is 6.04 Å². The Hall–Kier alpha value is -1.52. The van der Waals surface area contributed by atoms with Gasteiger partial charge in [-0.05, 0) is 30.2 Å². The molecule has 0 fully saturated rings. The molecule has 112 valence electrons. The maximum atomic E-state index is 13.0. The lowest BCUT2D eigenvalue weighted by molar-refractivity contribution is 0.341. The van der Waals surface area contributed by atoms with Crippen LogP contribution in [0.15, 0.2) is 54.6 Å².